The number of nitrogens with zero attached hydrogens (tertiary/aromatic N) is 2. The summed E-state index contributed by atoms with van der Waals surface area (Å²) in [5, 5.41) is 4.10. The van der Waals surface area contributed by atoms with Crippen molar-refractivity contribution in [2.24, 2.45) is 0 Å². The first-order chi connectivity index (χ1) is 10.7. The molecule has 1 aromatic rings. The zero-order valence-corrected chi connectivity index (χ0v) is 15.8. The molecule has 136 valence electrons. The molecule has 2 aliphatic heterocycles. The minimum Gasteiger partial charge on any atom is -0.378 e. The molecule has 1 unspecified atom stereocenters. The number of hydrogen-bond acceptors (Lipinski definition) is 4. The van der Waals surface area contributed by atoms with Crippen LogP contribution in [0.15, 0.2) is 24.3 Å². The molecule has 1 atom stereocenters. The van der Waals surface area contributed by atoms with Gasteiger partial charge in [0.05, 0.1) is 23.9 Å². The lowest BCUT2D eigenvalue weighted by Gasteiger charge is -2.37. The zero-order chi connectivity index (χ0) is 15.4. The van der Waals surface area contributed by atoms with Gasteiger partial charge >= 0.3 is 0 Å². The SMILES string of the molecule is Cl.Cl.O=C(CC1COCCN1)N1CCN(c2ccccc2Cl)CC1. The number of amides is 1. The van der Waals surface area contributed by atoms with E-state index in [1.165, 1.54) is 0 Å². The summed E-state index contributed by atoms with van der Waals surface area (Å²) in [5.41, 5.74) is 1.05. The fourth-order valence-corrected chi connectivity index (χ4v) is 3.25. The number of anilines is 1. The maximum atomic E-state index is 12.4. The molecule has 0 bridgehead atoms. The Bertz CT molecular complexity index is 519. The zero-order valence-electron chi connectivity index (χ0n) is 13.4. The third-order valence-corrected chi connectivity index (χ3v) is 4.56. The van der Waals surface area contributed by atoms with Crippen molar-refractivity contribution in [2.45, 2.75) is 12.5 Å². The van der Waals surface area contributed by atoms with Gasteiger partial charge in [-0.15, -0.1) is 24.8 Å². The Morgan fingerprint density at radius 2 is 1.92 bits per heavy atom. The Hall–Kier alpha value is -0.720. The molecule has 1 amide bonds. The number of rotatable bonds is 3. The molecule has 1 aromatic carbocycles. The van der Waals surface area contributed by atoms with Crippen molar-refractivity contribution in [1.29, 1.82) is 0 Å². The predicted molar refractivity (Wildman–Crippen MR) is 102 cm³/mol. The Morgan fingerprint density at radius 3 is 2.54 bits per heavy atom. The predicted octanol–water partition coefficient (Wildman–Crippen LogP) is 2.21. The summed E-state index contributed by atoms with van der Waals surface area (Å²) in [6.07, 6.45) is 0.520. The number of hydrogen-bond donors (Lipinski definition) is 1. The standard InChI is InChI=1S/C16H22ClN3O2.2ClH/c17-14-3-1-2-4-15(14)19-6-8-20(9-7-19)16(21)11-13-12-22-10-5-18-13;;/h1-4,13,18H,5-12H2;2*1H. The summed E-state index contributed by atoms with van der Waals surface area (Å²) in [5.74, 6) is 0.210. The summed E-state index contributed by atoms with van der Waals surface area (Å²) >= 11 is 6.24. The van der Waals surface area contributed by atoms with E-state index in [0.717, 1.165) is 50.0 Å². The fourth-order valence-electron chi connectivity index (χ4n) is 3.00. The largest absolute Gasteiger partial charge is 0.378 e. The van der Waals surface area contributed by atoms with E-state index in [0.29, 0.717) is 13.0 Å². The van der Waals surface area contributed by atoms with Gasteiger partial charge in [0.1, 0.15) is 0 Å². The first-order valence-corrected chi connectivity index (χ1v) is 8.20. The van der Waals surface area contributed by atoms with Gasteiger partial charge < -0.3 is 19.9 Å². The van der Waals surface area contributed by atoms with Gasteiger partial charge in [0.15, 0.2) is 0 Å². The van der Waals surface area contributed by atoms with E-state index in [4.69, 9.17) is 16.3 Å². The lowest BCUT2D eigenvalue weighted by Crippen LogP contribution is -2.51. The molecule has 0 spiro atoms. The van der Waals surface area contributed by atoms with E-state index in [1.54, 1.807) is 0 Å². The van der Waals surface area contributed by atoms with Crippen molar-refractivity contribution in [3.05, 3.63) is 29.3 Å². The third kappa shape index (κ3) is 5.39. The first kappa shape index (κ1) is 21.3. The Labute approximate surface area is 160 Å². The highest BCUT2D eigenvalue weighted by Crippen LogP contribution is 2.26. The average molecular weight is 397 g/mol. The van der Waals surface area contributed by atoms with Gasteiger partial charge in [0.25, 0.3) is 0 Å². The first-order valence-electron chi connectivity index (χ1n) is 7.82. The van der Waals surface area contributed by atoms with E-state index < -0.39 is 0 Å². The van der Waals surface area contributed by atoms with Crippen molar-refractivity contribution in [3.8, 4) is 0 Å². The molecule has 1 N–H and O–H groups in total. The van der Waals surface area contributed by atoms with Crippen molar-refractivity contribution in [1.82, 2.24) is 10.2 Å². The highest BCUT2D eigenvalue weighted by Gasteiger charge is 2.25. The van der Waals surface area contributed by atoms with Crippen LogP contribution >= 0.6 is 36.4 Å². The monoisotopic (exact) mass is 395 g/mol. The second-order valence-electron chi connectivity index (χ2n) is 5.75. The highest BCUT2D eigenvalue weighted by molar-refractivity contribution is 6.33. The maximum absolute atomic E-state index is 12.4. The number of benzene rings is 1. The summed E-state index contributed by atoms with van der Waals surface area (Å²) in [4.78, 5) is 16.6. The van der Waals surface area contributed by atoms with Crippen molar-refractivity contribution in [3.63, 3.8) is 0 Å². The second kappa shape index (κ2) is 10.3. The Morgan fingerprint density at radius 1 is 1.21 bits per heavy atom. The van der Waals surface area contributed by atoms with Crippen molar-refractivity contribution >= 4 is 48.0 Å². The van der Waals surface area contributed by atoms with E-state index in [1.807, 2.05) is 29.2 Å². The minimum atomic E-state index is 0. The molecule has 0 aromatic heterocycles. The summed E-state index contributed by atoms with van der Waals surface area (Å²) in [6, 6.07) is 8.02. The van der Waals surface area contributed by atoms with Crippen LogP contribution in [0.25, 0.3) is 0 Å². The van der Waals surface area contributed by atoms with Gasteiger partial charge in [0, 0.05) is 45.2 Å². The topological polar surface area (TPSA) is 44.8 Å². The van der Waals surface area contributed by atoms with Gasteiger partial charge in [-0.25, -0.2) is 0 Å². The van der Waals surface area contributed by atoms with Crippen LogP contribution in [0.1, 0.15) is 6.42 Å². The average Bonchev–Trinajstić information content (AvgIpc) is 2.56. The minimum absolute atomic E-state index is 0. The van der Waals surface area contributed by atoms with Gasteiger partial charge in [0.2, 0.25) is 5.91 Å². The van der Waals surface area contributed by atoms with Crippen LogP contribution in [-0.4, -0.2) is 62.8 Å². The van der Waals surface area contributed by atoms with Crippen LogP contribution in [0.4, 0.5) is 5.69 Å². The smallest absolute Gasteiger partial charge is 0.224 e. The molecule has 3 rings (SSSR count). The molecule has 0 saturated carbocycles. The molecular weight excluding hydrogens is 373 g/mol. The van der Waals surface area contributed by atoms with Crippen LogP contribution in [0.3, 0.4) is 0 Å². The van der Waals surface area contributed by atoms with E-state index in [9.17, 15) is 4.79 Å². The summed E-state index contributed by atoms with van der Waals surface area (Å²) in [7, 11) is 0. The van der Waals surface area contributed by atoms with Crippen LogP contribution in [0, 0.1) is 0 Å². The number of carbonyl (C=O) groups excluding carboxylic acids is 1. The van der Waals surface area contributed by atoms with Crippen LogP contribution in [0.5, 0.6) is 0 Å². The number of para-hydroxylation sites is 1. The molecule has 2 aliphatic rings. The van der Waals surface area contributed by atoms with E-state index >= 15 is 0 Å². The van der Waals surface area contributed by atoms with Gasteiger partial charge in [-0.1, -0.05) is 23.7 Å². The summed E-state index contributed by atoms with van der Waals surface area (Å²) in [6.45, 7) is 5.34. The molecule has 2 heterocycles. The number of piperazine rings is 1. The van der Waals surface area contributed by atoms with Gasteiger partial charge in [-0.3, -0.25) is 4.79 Å². The highest BCUT2D eigenvalue weighted by atomic mass is 35.5. The number of ether oxygens (including phenoxy) is 1. The Kier molecular flexibility index (Phi) is 9.16. The molecular formula is C16H24Cl3N3O2. The summed E-state index contributed by atoms with van der Waals surface area (Å²) < 4.78 is 5.40. The van der Waals surface area contributed by atoms with Crippen LogP contribution in [-0.2, 0) is 9.53 Å². The molecule has 0 radical (unpaired) electrons. The fraction of sp³-hybridized carbons (Fsp3) is 0.562. The number of carbonyl (C=O) groups is 1. The molecule has 2 saturated heterocycles. The lowest BCUT2D eigenvalue weighted by molar-refractivity contribution is -0.132. The number of halogens is 3. The number of morpholine rings is 1. The van der Waals surface area contributed by atoms with Crippen molar-refractivity contribution < 1.29 is 9.53 Å². The molecule has 8 heteroatoms. The lowest BCUT2D eigenvalue weighted by atomic mass is 10.1. The van der Waals surface area contributed by atoms with Gasteiger partial charge in [-0.05, 0) is 12.1 Å². The third-order valence-electron chi connectivity index (χ3n) is 4.24. The molecule has 24 heavy (non-hydrogen) atoms. The van der Waals surface area contributed by atoms with E-state index in [2.05, 4.69) is 10.2 Å². The Balaban J connectivity index is 0.00000144. The normalized spacial score (nSPS) is 20.8. The molecule has 5 nitrogen and oxygen atoms in total. The quantitative estimate of drug-likeness (QED) is 0.851. The molecule has 0 aliphatic carbocycles. The van der Waals surface area contributed by atoms with Crippen LogP contribution < -0.4 is 10.2 Å². The van der Waals surface area contributed by atoms with E-state index in [-0.39, 0.29) is 36.8 Å². The molecule has 2 fully saturated rings. The number of nitrogens with one attached hydrogen (secondary N) is 1. The second-order valence-corrected chi connectivity index (χ2v) is 6.16. The maximum Gasteiger partial charge on any atom is 0.224 e. The van der Waals surface area contributed by atoms with Crippen LogP contribution in [0.2, 0.25) is 5.02 Å². The van der Waals surface area contributed by atoms with Crippen molar-refractivity contribution in [2.75, 3.05) is 50.8 Å². The van der Waals surface area contributed by atoms with Gasteiger partial charge in [-0.2, -0.15) is 0 Å².